The molecular formula is C23H19N5OS. The van der Waals surface area contributed by atoms with E-state index in [0.717, 1.165) is 63.6 Å². The largest absolute Gasteiger partial charge is 0.497 e. The highest BCUT2D eigenvalue weighted by molar-refractivity contribution is 7.19. The van der Waals surface area contributed by atoms with Crippen LogP contribution in [0, 0.1) is 22.7 Å². The van der Waals surface area contributed by atoms with Gasteiger partial charge in [-0.15, -0.1) is 11.3 Å². The summed E-state index contributed by atoms with van der Waals surface area (Å²) in [5.74, 6) is 0.421. The summed E-state index contributed by atoms with van der Waals surface area (Å²) >= 11 is 1.59. The second-order valence-electron chi connectivity index (χ2n) is 7.41. The molecule has 1 saturated heterocycles. The maximum absolute atomic E-state index is 10.3. The van der Waals surface area contributed by atoms with Gasteiger partial charge in [0.1, 0.15) is 5.75 Å². The molecule has 6 nitrogen and oxygen atoms in total. The fraction of sp³-hybridized carbons (Fsp3) is 0.261. The molecule has 1 fully saturated rings. The summed E-state index contributed by atoms with van der Waals surface area (Å²) in [4.78, 5) is 3.19. The van der Waals surface area contributed by atoms with Crippen LogP contribution in [0.3, 0.4) is 0 Å². The lowest BCUT2D eigenvalue weighted by Crippen LogP contribution is -2.33. The highest BCUT2D eigenvalue weighted by atomic mass is 32.1. The molecular weight excluding hydrogens is 394 g/mol. The fourth-order valence-corrected chi connectivity index (χ4v) is 5.56. The molecule has 4 heterocycles. The Morgan fingerprint density at radius 1 is 1.17 bits per heavy atom. The number of aromatic nitrogens is 2. The number of nitrogens with one attached hydrogen (secondary N) is 1. The zero-order chi connectivity index (χ0) is 20.7. The lowest BCUT2D eigenvalue weighted by Gasteiger charge is -2.40. The van der Waals surface area contributed by atoms with Crippen molar-refractivity contribution in [2.75, 3.05) is 13.7 Å². The topological polar surface area (TPSA) is 88.7 Å². The first kappa shape index (κ1) is 18.5. The van der Waals surface area contributed by atoms with Crippen LogP contribution in [-0.2, 0) is 0 Å². The number of rotatable bonds is 3. The lowest BCUT2D eigenvalue weighted by atomic mass is 9.80. The average Bonchev–Trinajstić information content (AvgIpc) is 3.40. The molecule has 3 aromatic rings. The lowest BCUT2D eigenvalue weighted by molar-refractivity contribution is 0.382. The van der Waals surface area contributed by atoms with Crippen LogP contribution in [0.25, 0.3) is 15.9 Å². The summed E-state index contributed by atoms with van der Waals surface area (Å²) in [6.07, 6.45) is 4.73. The number of methoxy groups -OCH3 is 1. The third kappa shape index (κ3) is 2.79. The number of allylic oxidation sites excluding steroid dienone is 3. The molecule has 0 radical (unpaired) electrons. The van der Waals surface area contributed by atoms with Gasteiger partial charge in [-0.2, -0.15) is 15.6 Å². The Hall–Kier alpha value is -3.55. The SMILES string of the molecule is COc1ccc(C2=C(C#N)C(c3cc4[nH]ncc4s3)C(C#N)=C3CCCCN32)cc1. The molecule has 2 aliphatic heterocycles. The molecule has 148 valence electrons. The van der Waals surface area contributed by atoms with Gasteiger partial charge in [-0.1, -0.05) is 0 Å². The van der Waals surface area contributed by atoms with Gasteiger partial charge in [0.15, 0.2) is 0 Å². The maximum atomic E-state index is 10.3. The zero-order valence-corrected chi connectivity index (χ0v) is 17.3. The van der Waals surface area contributed by atoms with E-state index in [1.54, 1.807) is 24.6 Å². The molecule has 0 aliphatic carbocycles. The van der Waals surface area contributed by atoms with Crippen LogP contribution in [0.2, 0.25) is 0 Å². The molecule has 1 unspecified atom stereocenters. The molecule has 1 atom stereocenters. The molecule has 0 amide bonds. The summed E-state index contributed by atoms with van der Waals surface area (Å²) in [7, 11) is 1.64. The number of ether oxygens (including phenoxy) is 1. The summed E-state index contributed by atoms with van der Waals surface area (Å²) in [6, 6.07) is 14.8. The Bertz CT molecular complexity index is 1240. The molecule has 2 aromatic heterocycles. The minimum absolute atomic E-state index is 0.354. The van der Waals surface area contributed by atoms with Crippen molar-refractivity contribution in [3.63, 3.8) is 0 Å². The Kier molecular flexibility index (Phi) is 4.54. The summed E-state index contributed by atoms with van der Waals surface area (Å²) in [6.45, 7) is 0.814. The number of aromatic amines is 1. The third-order valence-corrected chi connectivity index (χ3v) is 6.95. The quantitative estimate of drug-likeness (QED) is 0.658. The first-order valence-corrected chi connectivity index (χ1v) is 10.7. The van der Waals surface area contributed by atoms with E-state index < -0.39 is 0 Å². The number of piperidine rings is 1. The number of hydrogen-bond donors (Lipinski definition) is 1. The summed E-state index contributed by atoms with van der Waals surface area (Å²) < 4.78 is 6.34. The number of benzene rings is 1. The van der Waals surface area contributed by atoms with E-state index in [9.17, 15) is 10.5 Å². The molecule has 30 heavy (non-hydrogen) atoms. The maximum Gasteiger partial charge on any atom is 0.118 e. The second kappa shape index (κ2) is 7.37. The minimum atomic E-state index is -0.354. The Balaban J connectivity index is 1.75. The predicted molar refractivity (Wildman–Crippen MR) is 115 cm³/mol. The van der Waals surface area contributed by atoms with Crippen LogP contribution in [-0.4, -0.2) is 28.8 Å². The number of H-pyrrole nitrogens is 1. The molecule has 2 aliphatic rings. The number of fused-ring (bicyclic) bond motifs is 2. The van der Waals surface area contributed by atoms with Gasteiger partial charge in [0, 0.05) is 17.1 Å². The monoisotopic (exact) mass is 413 g/mol. The molecule has 1 aromatic carbocycles. The standard InChI is InChI=1S/C23H19N5OS/c1-29-15-7-5-14(6-8-15)23-17(12-25)22(20-10-18-21(30-20)13-26-27-18)16(11-24)19-4-2-3-9-28(19)23/h5-8,10,13,22H,2-4,9H2,1H3,(H,26,27). The van der Waals surface area contributed by atoms with E-state index in [4.69, 9.17) is 4.74 Å². The van der Waals surface area contributed by atoms with Crippen LogP contribution in [0.4, 0.5) is 0 Å². The first-order valence-electron chi connectivity index (χ1n) is 9.87. The highest BCUT2D eigenvalue weighted by Gasteiger charge is 2.38. The molecule has 0 spiro atoms. The average molecular weight is 414 g/mol. The zero-order valence-electron chi connectivity index (χ0n) is 16.5. The van der Waals surface area contributed by atoms with Crippen molar-refractivity contribution < 1.29 is 4.74 Å². The summed E-state index contributed by atoms with van der Waals surface area (Å²) in [5.41, 5.74) is 5.19. The van der Waals surface area contributed by atoms with Gasteiger partial charge in [-0.3, -0.25) is 5.10 Å². The molecule has 5 rings (SSSR count). The van der Waals surface area contributed by atoms with E-state index in [1.807, 2.05) is 30.3 Å². The van der Waals surface area contributed by atoms with Crippen LogP contribution < -0.4 is 4.74 Å². The molecule has 0 saturated carbocycles. The Morgan fingerprint density at radius 3 is 2.67 bits per heavy atom. The van der Waals surface area contributed by atoms with Gasteiger partial charge in [-0.25, -0.2) is 0 Å². The van der Waals surface area contributed by atoms with E-state index in [-0.39, 0.29) is 5.92 Å². The van der Waals surface area contributed by atoms with E-state index in [0.29, 0.717) is 11.1 Å². The van der Waals surface area contributed by atoms with Crippen molar-refractivity contribution in [3.8, 4) is 17.9 Å². The highest BCUT2D eigenvalue weighted by Crippen LogP contribution is 2.49. The van der Waals surface area contributed by atoms with Crippen LogP contribution >= 0.6 is 11.3 Å². The van der Waals surface area contributed by atoms with Crippen LogP contribution in [0.1, 0.15) is 35.6 Å². The van der Waals surface area contributed by atoms with E-state index in [2.05, 4.69) is 27.2 Å². The minimum Gasteiger partial charge on any atom is -0.497 e. The van der Waals surface area contributed by atoms with Crippen LogP contribution in [0.5, 0.6) is 5.75 Å². The molecule has 1 N–H and O–H groups in total. The molecule has 7 heteroatoms. The van der Waals surface area contributed by atoms with Crippen molar-refractivity contribution in [1.82, 2.24) is 15.1 Å². The molecule has 0 bridgehead atoms. The number of nitrogens with zero attached hydrogens (tertiary/aromatic N) is 4. The van der Waals surface area contributed by atoms with Crippen molar-refractivity contribution in [1.29, 1.82) is 10.5 Å². The normalized spacial score (nSPS) is 18.9. The van der Waals surface area contributed by atoms with Gasteiger partial charge >= 0.3 is 0 Å². The van der Waals surface area contributed by atoms with Gasteiger partial charge in [0.05, 0.1) is 58.4 Å². The van der Waals surface area contributed by atoms with Crippen molar-refractivity contribution in [3.05, 3.63) is 63.8 Å². The number of hydrogen-bond acceptors (Lipinski definition) is 6. The van der Waals surface area contributed by atoms with Crippen molar-refractivity contribution in [2.24, 2.45) is 0 Å². The second-order valence-corrected chi connectivity index (χ2v) is 8.53. The van der Waals surface area contributed by atoms with Crippen molar-refractivity contribution in [2.45, 2.75) is 25.2 Å². The van der Waals surface area contributed by atoms with Crippen molar-refractivity contribution >= 4 is 27.3 Å². The van der Waals surface area contributed by atoms with Crippen LogP contribution in [0.15, 0.2) is 53.4 Å². The van der Waals surface area contributed by atoms with Gasteiger partial charge in [-0.05, 0) is 55.2 Å². The van der Waals surface area contributed by atoms with E-state index >= 15 is 0 Å². The van der Waals surface area contributed by atoms with Gasteiger partial charge in [0.2, 0.25) is 0 Å². The number of nitriles is 2. The smallest absolute Gasteiger partial charge is 0.118 e. The fourth-order valence-electron chi connectivity index (χ4n) is 4.45. The van der Waals surface area contributed by atoms with E-state index in [1.165, 1.54) is 0 Å². The number of thiophene rings is 1. The first-order chi connectivity index (χ1) is 14.7. The van der Waals surface area contributed by atoms with Gasteiger partial charge in [0.25, 0.3) is 0 Å². The summed E-state index contributed by atoms with van der Waals surface area (Å²) in [5, 5.41) is 27.5. The third-order valence-electron chi connectivity index (χ3n) is 5.82. The predicted octanol–water partition coefficient (Wildman–Crippen LogP) is 4.93. The Labute approximate surface area is 178 Å². The Morgan fingerprint density at radius 2 is 1.97 bits per heavy atom. The van der Waals surface area contributed by atoms with Gasteiger partial charge < -0.3 is 9.64 Å².